The third kappa shape index (κ3) is 4.26. The molecule has 1 aromatic rings. The second kappa shape index (κ2) is 7.41. The Hall–Kier alpha value is -1.35. The van der Waals surface area contributed by atoms with Gasteiger partial charge in [0, 0.05) is 14.4 Å². The van der Waals surface area contributed by atoms with E-state index in [0.29, 0.717) is 16.2 Å². The molecular weight excluding hydrogens is 356 g/mol. The average Bonchev–Trinajstić information content (AvgIpc) is 2.62. The summed E-state index contributed by atoms with van der Waals surface area (Å²) >= 11 is 0. The molecule has 162 valence electrons. The van der Waals surface area contributed by atoms with Crippen LogP contribution in [-0.4, -0.2) is 29.9 Å². The molecule has 1 saturated carbocycles. The first-order chi connectivity index (χ1) is 13.6. The number of benzene rings is 1. The molecule has 1 saturated heterocycles. The first kappa shape index (κ1) is 20.9. The lowest BCUT2D eigenvalue weighted by Gasteiger charge is -2.53. The van der Waals surface area contributed by atoms with Crippen LogP contribution in [0.15, 0.2) is 24.3 Å². The molecule has 2 aliphatic carbocycles. The SMILES string of the molecule is CC(=O)N[C@H]1CCC2(CCN(C3CC(C)(C)CC(C)(C)C3)CC2)c2ccccc21.[HH]. The number of hydrogen-bond acceptors (Lipinski definition) is 2. The Morgan fingerprint density at radius 2 is 1.66 bits per heavy atom. The fourth-order valence-electron chi connectivity index (χ4n) is 7.27. The Morgan fingerprint density at radius 3 is 2.28 bits per heavy atom. The summed E-state index contributed by atoms with van der Waals surface area (Å²) in [4.78, 5) is 14.5. The Kier molecular flexibility index (Phi) is 5.34. The lowest BCUT2D eigenvalue weighted by molar-refractivity contribution is -0.119. The molecule has 0 unspecified atom stereocenters. The highest BCUT2D eigenvalue weighted by Crippen LogP contribution is 2.51. The molecule has 0 radical (unpaired) electrons. The molecule has 3 heteroatoms. The van der Waals surface area contributed by atoms with Gasteiger partial charge in [0.2, 0.25) is 5.91 Å². The van der Waals surface area contributed by atoms with Gasteiger partial charge in [-0.25, -0.2) is 0 Å². The average molecular weight is 399 g/mol. The molecule has 1 spiro atoms. The van der Waals surface area contributed by atoms with E-state index in [1.165, 1.54) is 62.7 Å². The van der Waals surface area contributed by atoms with Crippen molar-refractivity contribution in [1.29, 1.82) is 0 Å². The van der Waals surface area contributed by atoms with Gasteiger partial charge < -0.3 is 10.2 Å². The van der Waals surface area contributed by atoms with Gasteiger partial charge in [0.05, 0.1) is 6.04 Å². The second-order valence-corrected chi connectivity index (χ2v) is 11.8. The molecule has 0 bridgehead atoms. The Bertz CT molecular complexity index is 748. The van der Waals surface area contributed by atoms with Crippen LogP contribution in [0.1, 0.15) is 98.2 Å². The molecule has 1 aliphatic heterocycles. The molecule has 1 heterocycles. The second-order valence-electron chi connectivity index (χ2n) is 11.8. The Morgan fingerprint density at radius 1 is 1.03 bits per heavy atom. The molecule has 3 aliphatic rings. The molecule has 3 nitrogen and oxygen atoms in total. The van der Waals surface area contributed by atoms with Crippen LogP contribution in [0.2, 0.25) is 0 Å². The summed E-state index contributed by atoms with van der Waals surface area (Å²) in [7, 11) is 0. The van der Waals surface area contributed by atoms with Crippen molar-refractivity contribution in [2.24, 2.45) is 10.8 Å². The van der Waals surface area contributed by atoms with E-state index in [1.807, 2.05) is 0 Å². The minimum atomic E-state index is 0. The smallest absolute Gasteiger partial charge is 0.217 e. The number of likely N-dealkylation sites (tertiary alicyclic amines) is 1. The van der Waals surface area contributed by atoms with E-state index in [1.54, 1.807) is 6.92 Å². The van der Waals surface area contributed by atoms with E-state index in [4.69, 9.17) is 0 Å². The van der Waals surface area contributed by atoms with Crippen LogP contribution in [0.3, 0.4) is 0 Å². The maximum Gasteiger partial charge on any atom is 0.217 e. The van der Waals surface area contributed by atoms with Gasteiger partial charge in [-0.2, -0.15) is 0 Å². The van der Waals surface area contributed by atoms with Gasteiger partial charge in [0.1, 0.15) is 0 Å². The lowest BCUT2D eigenvalue weighted by atomic mass is 9.61. The summed E-state index contributed by atoms with van der Waals surface area (Å²) in [5.41, 5.74) is 4.08. The van der Waals surface area contributed by atoms with Crippen LogP contribution >= 0.6 is 0 Å². The van der Waals surface area contributed by atoms with E-state index < -0.39 is 0 Å². The number of carbonyl (C=O) groups is 1. The molecular formula is C26H42N2O. The summed E-state index contributed by atoms with van der Waals surface area (Å²) in [6, 6.07) is 9.83. The van der Waals surface area contributed by atoms with Crippen LogP contribution < -0.4 is 5.32 Å². The van der Waals surface area contributed by atoms with E-state index >= 15 is 0 Å². The normalized spacial score (nSPS) is 28.7. The van der Waals surface area contributed by atoms with E-state index in [-0.39, 0.29) is 13.4 Å². The van der Waals surface area contributed by atoms with Crippen LogP contribution in [0.5, 0.6) is 0 Å². The van der Waals surface area contributed by atoms with Crippen molar-refractivity contribution in [2.45, 2.75) is 97.1 Å². The first-order valence-electron chi connectivity index (χ1n) is 11.7. The maximum absolute atomic E-state index is 11.7. The molecule has 29 heavy (non-hydrogen) atoms. The van der Waals surface area contributed by atoms with Crippen molar-refractivity contribution in [3.63, 3.8) is 0 Å². The summed E-state index contributed by atoms with van der Waals surface area (Å²) < 4.78 is 0. The summed E-state index contributed by atoms with van der Waals surface area (Å²) in [6.45, 7) is 13.9. The lowest BCUT2D eigenvalue weighted by Crippen LogP contribution is -2.52. The number of hydrogen-bond donors (Lipinski definition) is 1. The van der Waals surface area contributed by atoms with E-state index in [9.17, 15) is 4.79 Å². The molecule has 1 N–H and O–H groups in total. The van der Waals surface area contributed by atoms with Gasteiger partial charge >= 0.3 is 0 Å². The van der Waals surface area contributed by atoms with Crippen molar-refractivity contribution < 1.29 is 6.22 Å². The number of carbonyl (C=O) groups excluding carboxylic acids is 1. The molecule has 2 fully saturated rings. The van der Waals surface area contributed by atoms with Crippen LogP contribution in [0, 0.1) is 10.8 Å². The largest absolute Gasteiger partial charge is 0.350 e. The minimum Gasteiger partial charge on any atom is -0.350 e. The third-order valence-electron chi connectivity index (χ3n) is 8.00. The highest BCUT2D eigenvalue weighted by Gasteiger charge is 2.45. The van der Waals surface area contributed by atoms with Crippen molar-refractivity contribution in [2.75, 3.05) is 13.1 Å². The zero-order valence-corrected chi connectivity index (χ0v) is 19.2. The number of nitrogens with zero attached hydrogens (tertiary/aromatic N) is 1. The third-order valence-corrected chi connectivity index (χ3v) is 8.00. The molecule has 1 aromatic carbocycles. The standard InChI is InChI=1S/C26H40N2O.H2/c1-19(29)27-23-10-11-26(22-9-7-6-8-21(22)23)12-14-28(15-13-26)20-16-24(2,3)18-25(4,5)17-20;/h6-9,20,23H,10-18H2,1-5H3,(H,27,29);1H/t23-;/m0./s1. The molecule has 1 amide bonds. The van der Waals surface area contributed by atoms with Crippen molar-refractivity contribution in [3.05, 3.63) is 35.4 Å². The van der Waals surface area contributed by atoms with Gasteiger partial charge in [0.25, 0.3) is 0 Å². The van der Waals surface area contributed by atoms with Crippen molar-refractivity contribution >= 4 is 5.91 Å². The summed E-state index contributed by atoms with van der Waals surface area (Å²) in [5.74, 6) is 0.0816. The maximum atomic E-state index is 11.7. The Labute approximate surface area is 179 Å². The van der Waals surface area contributed by atoms with Crippen LogP contribution in [0.4, 0.5) is 0 Å². The fraction of sp³-hybridized carbons (Fsp3) is 0.731. The van der Waals surface area contributed by atoms with Crippen molar-refractivity contribution in [1.82, 2.24) is 10.2 Å². The quantitative estimate of drug-likeness (QED) is 0.678. The topological polar surface area (TPSA) is 32.3 Å². The van der Waals surface area contributed by atoms with Gasteiger partial charge in [-0.1, -0.05) is 52.0 Å². The predicted octanol–water partition coefficient (Wildman–Crippen LogP) is 5.84. The molecule has 0 aromatic heterocycles. The summed E-state index contributed by atoms with van der Waals surface area (Å²) in [5, 5.41) is 3.19. The molecule has 4 rings (SSSR count). The number of fused-ring (bicyclic) bond motifs is 2. The fourth-order valence-corrected chi connectivity index (χ4v) is 7.27. The zero-order valence-electron chi connectivity index (χ0n) is 19.2. The van der Waals surface area contributed by atoms with Gasteiger partial charge in [-0.05, 0) is 85.4 Å². The highest BCUT2D eigenvalue weighted by molar-refractivity contribution is 5.73. The van der Waals surface area contributed by atoms with Crippen LogP contribution in [-0.2, 0) is 10.2 Å². The monoisotopic (exact) mass is 398 g/mol. The zero-order chi connectivity index (χ0) is 20.9. The summed E-state index contributed by atoms with van der Waals surface area (Å²) in [6.07, 6.45) is 8.80. The Balaban J connectivity index is 0.00000256. The number of rotatable bonds is 2. The van der Waals surface area contributed by atoms with E-state index in [2.05, 4.69) is 62.2 Å². The van der Waals surface area contributed by atoms with Gasteiger partial charge in [-0.15, -0.1) is 0 Å². The minimum absolute atomic E-state index is 0. The predicted molar refractivity (Wildman–Crippen MR) is 122 cm³/mol. The first-order valence-corrected chi connectivity index (χ1v) is 11.7. The number of nitrogens with one attached hydrogen (secondary N) is 1. The van der Waals surface area contributed by atoms with Gasteiger partial charge in [0.15, 0.2) is 0 Å². The van der Waals surface area contributed by atoms with Crippen molar-refractivity contribution in [3.8, 4) is 0 Å². The van der Waals surface area contributed by atoms with E-state index in [0.717, 1.165) is 12.5 Å². The van der Waals surface area contributed by atoms with Crippen LogP contribution in [0.25, 0.3) is 0 Å². The number of piperidine rings is 1. The molecule has 1 atom stereocenters. The van der Waals surface area contributed by atoms with Gasteiger partial charge in [-0.3, -0.25) is 4.79 Å². The number of amides is 1. The highest BCUT2D eigenvalue weighted by atomic mass is 16.1.